The molecular weight excluding hydrogens is 318 g/mol. The number of ether oxygens (including phenoxy) is 1. The minimum Gasteiger partial charge on any atom is -0.379 e. The minimum atomic E-state index is -0.262. The summed E-state index contributed by atoms with van der Waals surface area (Å²) < 4.78 is 5.32. The number of morpholine rings is 1. The normalized spacial score (nSPS) is 21.6. The molecule has 1 aromatic rings. The van der Waals surface area contributed by atoms with Crippen LogP contribution >= 0.6 is 0 Å². The summed E-state index contributed by atoms with van der Waals surface area (Å²) in [6.45, 7) is 7.37. The van der Waals surface area contributed by atoms with Gasteiger partial charge in [0.1, 0.15) is 0 Å². The number of carbonyl (C=O) groups excluding carboxylic acids is 2. The zero-order chi connectivity index (χ0) is 17.6. The van der Waals surface area contributed by atoms with Crippen molar-refractivity contribution in [3.63, 3.8) is 0 Å². The fourth-order valence-electron chi connectivity index (χ4n) is 3.38. The van der Waals surface area contributed by atoms with E-state index in [1.54, 1.807) is 4.90 Å². The van der Waals surface area contributed by atoms with E-state index in [0.717, 1.165) is 45.0 Å². The second kappa shape index (κ2) is 8.45. The molecule has 0 saturated carbocycles. The van der Waals surface area contributed by atoms with Crippen molar-refractivity contribution in [2.75, 3.05) is 50.8 Å². The number of anilines is 1. The first-order valence-corrected chi connectivity index (χ1v) is 9.14. The van der Waals surface area contributed by atoms with Crippen LogP contribution in [-0.2, 0) is 20.7 Å². The molecule has 0 radical (unpaired) electrons. The Balaban J connectivity index is 1.50. The van der Waals surface area contributed by atoms with Crippen molar-refractivity contribution in [3.8, 4) is 0 Å². The Labute approximate surface area is 149 Å². The molecule has 6 heteroatoms. The van der Waals surface area contributed by atoms with E-state index in [0.29, 0.717) is 19.5 Å². The number of nitrogens with one attached hydrogen (secondary N) is 1. The van der Waals surface area contributed by atoms with Crippen LogP contribution in [0.15, 0.2) is 24.3 Å². The van der Waals surface area contributed by atoms with Gasteiger partial charge in [0.2, 0.25) is 11.8 Å². The van der Waals surface area contributed by atoms with Gasteiger partial charge < -0.3 is 15.0 Å². The molecule has 0 aliphatic carbocycles. The van der Waals surface area contributed by atoms with Gasteiger partial charge >= 0.3 is 0 Å². The summed E-state index contributed by atoms with van der Waals surface area (Å²) in [7, 11) is 0. The highest BCUT2D eigenvalue weighted by molar-refractivity contribution is 6.00. The lowest BCUT2D eigenvalue weighted by atomic mass is 10.1. The molecule has 1 N–H and O–H groups in total. The van der Waals surface area contributed by atoms with Crippen LogP contribution in [0.5, 0.6) is 0 Å². The molecule has 0 aromatic heterocycles. The number of nitrogens with zero attached hydrogens (tertiary/aromatic N) is 2. The second-order valence-corrected chi connectivity index (χ2v) is 6.67. The number of carbonyl (C=O) groups is 2. The largest absolute Gasteiger partial charge is 0.379 e. The number of rotatable bonds is 6. The van der Waals surface area contributed by atoms with Crippen molar-refractivity contribution < 1.29 is 14.3 Å². The quantitative estimate of drug-likeness (QED) is 0.837. The van der Waals surface area contributed by atoms with Crippen molar-refractivity contribution in [1.29, 1.82) is 0 Å². The summed E-state index contributed by atoms with van der Waals surface area (Å²) in [5.41, 5.74) is 2.09. The van der Waals surface area contributed by atoms with Crippen molar-refractivity contribution in [2.24, 2.45) is 5.92 Å². The number of hydrogen-bond acceptors (Lipinski definition) is 4. The van der Waals surface area contributed by atoms with E-state index in [1.807, 2.05) is 18.2 Å². The van der Waals surface area contributed by atoms with Gasteiger partial charge in [0.15, 0.2) is 0 Å². The predicted molar refractivity (Wildman–Crippen MR) is 96.5 cm³/mol. The standard InChI is InChI=1S/C19H27N3O3/c1-2-15-4-3-5-17(12-15)22-14-16(13-18(22)23)19(24)20-6-7-21-8-10-25-11-9-21/h3-5,12,16H,2,6-11,13-14H2,1H3,(H,20,24)/t16-/m0/s1. The van der Waals surface area contributed by atoms with E-state index < -0.39 is 0 Å². The predicted octanol–water partition coefficient (Wildman–Crippen LogP) is 1.05. The molecule has 1 atom stereocenters. The maximum atomic E-state index is 12.4. The summed E-state index contributed by atoms with van der Waals surface area (Å²) in [4.78, 5) is 28.8. The molecule has 2 aliphatic heterocycles. The summed E-state index contributed by atoms with van der Waals surface area (Å²) in [5.74, 6) is -0.250. The van der Waals surface area contributed by atoms with Gasteiger partial charge in [-0.25, -0.2) is 0 Å². The van der Waals surface area contributed by atoms with E-state index >= 15 is 0 Å². The smallest absolute Gasteiger partial charge is 0.227 e. The van der Waals surface area contributed by atoms with Crippen LogP contribution in [0.25, 0.3) is 0 Å². The van der Waals surface area contributed by atoms with Gasteiger partial charge in [-0.3, -0.25) is 14.5 Å². The van der Waals surface area contributed by atoms with E-state index in [9.17, 15) is 9.59 Å². The zero-order valence-electron chi connectivity index (χ0n) is 14.9. The Hall–Kier alpha value is -1.92. The molecule has 2 fully saturated rings. The lowest BCUT2D eigenvalue weighted by molar-refractivity contribution is -0.126. The van der Waals surface area contributed by atoms with Gasteiger partial charge in [-0.1, -0.05) is 19.1 Å². The van der Waals surface area contributed by atoms with Crippen LogP contribution in [-0.4, -0.2) is 62.7 Å². The molecule has 2 amide bonds. The first-order chi connectivity index (χ1) is 12.2. The first kappa shape index (κ1) is 17.9. The lowest BCUT2D eigenvalue weighted by Crippen LogP contribution is -2.42. The third-order valence-electron chi connectivity index (χ3n) is 4.96. The number of amides is 2. The van der Waals surface area contributed by atoms with Crippen molar-refractivity contribution in [3.05, 3.63) is 29.8 Å². The molecule has 1 aromatic carbocycles. The Morgan fingerprint density at radius 2 is 2.12 bits per heavy atom. The fraction of sp³-hybridized carbons (Fsp3) is 0.579. The monoisotopic (exact) mass is 345 g/mol. The Kier molecular flexibility index (Phi) is 6.04. The molecule has 3 rings (SSSR count). The van der Waals surface area contributed by atoms with Gasteiger partial charge in [-0.2, -0.15) is 0 Å². The van der Waals surface area contributed by atoms with Crippen LogP contribution in [0.1, 0.15) is 18.9 Å². The molecule has 2 heterocycles. The molecular formula is C19H27N3O3. The highest BCUT2D eigenvalue weighted by Gasteiger charge is 2.35. The average molecular weight is 345 g/mol. The van der Waals surface area contributed by atoms with Crippen LogP contribution < -0.4 is 10.2 Å². The SMILES string of the molecule is CCc1cccc(N2C[C@@H](C(=O)NCCN3CCOCC3)CC2=O)c1. The average Bonchev–Trinajstić information content (AvgIpc) is 3.04. The van der Waals surface area contributed by atoms with Gasteiger partial charge in [0.25, 0.3) is 0 Å². The molecule has 136 valence electrons. The molecule has 6 nitrogen and oxygen atoms in total. The number of benzene rings is 1. The first-order valence-electron chi connectivity index (χ1n) is 9.14. The molecule has 2 aliphatic rings. The second-order valence-electron chi connectivity index (χ2n) is 6.67. The molecule has 0 spiro atoms. The third kappa shape index (κ3) is 4.58. The maximum Gasteiger partial charge on any atom is 0.227 e. The highest BCUT2D eigenvalue weighted by atomic mass is 16.5. The third-order valence-corrected chi connectivity index (χ3v) is 4.96. The van der Waals surface area contributed by atoms with Gasteiger partial charge in [0, 0.05) is 44.8 Å². The van der Waals surface area contributed by atoms with Crippen LogP contribution in [0.2, 0.25) is 0 Å². The van der Waals surface area contributed by atoms with Crippen molar-refractivity contribution >= 4 is 17.5 Å². The molecule has 2 saturated heterocycles. The summed E-state index contributed by atoms with van der Waals surface area (Å²) in [5, 5.41) is 2.99. The van der Waals surface area contributed by atoms with Crippen LogP contribution in [0.3, 0.4) is 0 Å². The summed E-state index contributed by atoms with van der Waals surface area (Å²) in [6, 6.07) is 8.00. The fourth-order valence-corrected chi connectivity index (χ4v) is 3.38. The van der Waals surface area contributed by atoms with Gasteiger partial charge in [-0.05, 0) is 24.1 Å². The van der Waals surface area contributed by atoms with E-state index in [2.05, 4.69) is 23.2 Å². The summed E-state index contributed by atoms with van der Waals surface area (Å²) >= 11 is 0. The maximum absolute atomic E-state index is 12.4. The van der Waals surface area contributed by atoms with E-state index in [-0.39, 0.29) is 17.7 Å². The van der Waals surface area contributed by atoms with Crippen LogP contribution in [0.4, 0.5) is 5.69 Å². The Morgan fingerprint density at radius 3 is 2.88 bits per heavy atom. The Morgan fingerprint density at radius 1 is 1.32 bits per heavy atom. The number of aryl methyl sites for hydroxylation is 1. The van der Waals surface area contributed by atoms with E-state index in [1.165, 1.54) is 5.56 Å². The molecule has 25 heavy (non-hydrogen) atoms. The Bertz CT molecular complexity index is 614. The van der Waals surface area contributed by atoms with Gasteiger partial charge in [-0.15, -0.1) is 0 Å². The van der Waals surface area contributed by atoms with Crippen molar-refractivity contribution in [1.82, 2.24) is 10.2 Å². The number of hydrogen-bond donors (Lipinski definition) is 1. The molecule has 0 unspecified atom stereocenters. The lowest BCUT2D eigenvalue weighted by Gasteiger charge is -2.26. The topological polar surface area (TPSA) is 61.9 Å². The van der Waals surface area contributed by atoms with Gasteiger partial charge in [0.05, 0.1) is 19.1 Å². The summed E-state index contributed by atoms with van der Waals surface area (Å²) in [6.07, 6.45) is 1.22. The highest BCUT2D eigenvalue weighted by Crippen LogP contribution is 2.26. The van der Waals surface area contributed by atoms with Crippen molar-refractivity contribution in [2.45, 2.75) is 19.8 Å². The minimum absolute atomic E-state index is 0.0178. The molecule has 0 bridgehead atoms. The zero-order valence-corrected chi connectivity index (χ0v) is 14.9. The van der Waals surface area contributed by atoms with Crippen LogP contribution in [0, 0.1) is 5.92 Å². The van der Waals surface area contributed by atoms with E-state index in [4.69, 9.17) is 4.74 Å².